The molecule has 1 heterocycles. The van der Waals surface area contributed by atoms with Crippen LogP contribution in [0.5, 0.6) is 5.75 Å². The number of hydrogen-bond donors (Lipinski definition) is 1. The van der Waals surface area contributed by atoms with E-state index in [1.165, 1.54) is 12.1 Å². The van der Waals surface area contributed by atoms with Crippen LogP contribution in [0.25, 0.3) is 11.0 Å². The smallest absolute Gasteiger partial charge is 0.165 e. The van der Waals surface area contributed by atoms with Gasteiger partial charge in [-0.2, -0.15) is 0 Å². The molecule has 1 aromatic heterocycles. The van der Waals surface area contributed by atoms with Crippen LogP contribution in [0.15, 0.2) is 54.9 Å². The minimum Gasteiger partial charge on any atom is -0.488 e. The summed E-state index contributed by atoms with van der Waals surface area (Å²) in [6, 6.07) is 13.8. The van der Waals surface area contributed by atoms with Crippen LogP contribution in [0.4, 0.5) is 4.39 Å². The number of nitrogens with zero attached hydrogens (tertiary/aromatic N) is 2. The Morgan fingerprint density at radius 3 is 2.68 bits per heavy atom. The molecule has 2 aromatic carbocycles. The van der Waals surface area contributed by atoms with E-state index in [1.807, 2.05) is 28.8 Å². The number of halogens is 2. The minimum atomic E-state index is -0.748. The van der Waals surface area contributed by atoms with Crippen LogP contribution in [-0.4, -0.2) is 27.4 Å². The van der Waals surface area contributed by atoms with E-state index in [0.717, 1.165) is 11.0 Å². The zero-order valence-corrected chi connectivity index (χ0v) is 12.5. The topological polar surface area (TPSA) is 47.3 Å². The molecule has 6 heteroatoms. The number of ether oxygens (including phenoxy) is 1. The zero-order valence-electron chi connectivity index (χ0n) is 11.7. The van der Waals surface area contributed by atoms with Crippen LogP contribution in [-0.2, 0) is 6.54 Å². The molecule has 0 aliphatic rings. The van der Waals surface area contributed by atoms with Gasteiger partial charge in [-0.15, -0.1) is 12.4 Å². The van der Waals surface area contributed by atoms with E-state index >= 15 is 0 Å². The maximum Gasteiger partial charge on any atom is 0.165 e. The summed E-state index contributed by atoms with van der Waals surface area (Å²) in [5.74, 6) is -0.287. The molecule has 0 amide bonds. The van der Waals surface area contributed by atoms with Gasteiger partial charge in [0.1, 0.15) is 12.7 Å². The van der Waals surface area contributed by atoms with Crippen molar-refractivity contribution in [2.75, 3.05) is 6.61 Å². The van der Waals surface area contributed by atoms with Crippen LogP contribution < -0.4 is 4.74 Å². The summed E-state index contributed by atoms with van der Waals surface area (Å²) >= 11 is 0. The predicted molar refractivity (Wildman–Crippen MR) is 84.9 cm³/mol. The largest absolute Gasteiger partial charge is 0.488 e. The Kier molecular flexibility index (Phi) is 5.35. The van der Waals surface area contributed by atoms with Gasteiger partial charge < -0.3 is 14.4 Å². The molecule has 0 bridgehead atoms. The normalized spacial score (nSPS) is 11.9. The van der Waals surface area contributed by atoms with Gasteiger partial charge in [0, 0.05) is 0 Å². The molecule has 116 valence electrons. The summed E-state index contributed by atoms with van der Waals surface area (Å²) in [6.07, 6.45) is 0.930. The fraction of sp³-hybridized carbons (Fsp3) is 0.188. The lowest BCUT2D eigenvalue weighted by atomic mass is 10.3. The Morgan fingerprint density at radius 2 is 1.86 bits per heavy atom. The maximum atomic E-state index is 13.4. The molecule has 0 radical (unpaired) electrons. The second-order valence-electron chi connectivity index (χ2n) is 4.78. The number of fused-ring (bicyclic) bond motifs is 1. The van der Waals surface area contributed by atoms with Gasteiger partial charge in [-0.1, -0.05) is 24.3 Å². The number of aromatic nitrogens is 2. The highest BCUT2D eigenvalue weighted by Crippen LogP contribution is 2.16. The minimum absolute atomic E-state index is 0. The molecule has 3 aromatic rings. The fourth-order valence-corrected chi connectivity index (χ4v) is 2.18. The lowest BCUT2D eigenvalue weighted by Gasteiger charge is -2.13. The highest BCUT2D eigenvalue weighted by atomic mass is 35.5. The van der Waals surface area contributed by atoms with Crippen molar-refractivity contribution in [1.29, 1.82) is 0 Å². The van der Waals surface area contributed by atoms with Gasteiger partial charge in [-0.05, 0) is 24.3 Å². The second-order valence-corrected chi connectivity index (χ2v) is 4.78. The van der Waals surface area contributed by atoms with Gasteiger partial charge in [-0.25, -0.2) is 9.37 Å². The summed E-state index contributed by atoms with van der Waals surface area (Å²) in [5, 5.41) is 10.0. The average molecular weight is 323 g/mol. The quantitative estimate of drug-likeness (QED) is 0.785. The van der Waals surface area contributed by atoms with Crippen molar-refractivity contribution in [3.05, 3.63) is 60.7 Å². The Labute approximate surface area is 133 Å². The third-order valence-electron chi connectivity index (χ3n) is 3.20. The molecule has 0 aliphatic heterocycles. The third kappa shape index (κ3) is 3.55. The average Bonchev–Trinajstić information content (AvgIpc) is 2.90. The first-order valence-electron chi connectivity index (χ1n) is 6.69. The number of para-hydroxylation sites is 3. The predicted octanol–water partition coefficient (Wildman–Crippen LogP) is 3.04. The van der Waals surface area contributed by atoms with Crippen molar-refractivity contribution in [2.45, 2.75) is 12.6 Å². The van der Waals surface area contributed by atoms with Gasteiger partial charge in [0.05, 0.1) is 23.9 Å². The monoisotopic (exact) mass is 322 g/mol. The van der Waals surface area contributed by atoms with Gasteiger partial charge in [-0.3, -0.25) is 0 Å². The van der Waals surface area contributed by atoms with E-state index in [1.54, 1.807) is 18.5 Å². The molecule has 1 unspecified atom stereocenters. The van der Waals surface area contributed by atoms with Crippen LogP contribution in [0, 0.1) is 5.82 Å². The van der Waals surface area contributed by atoms with E-state index in [4.69, 9.17) is 4.74 Å². The van der Waals surface area contributed by atoms with Gasteiger partial charge >= 0.3 is 0 Å². The van der Waals surface area contributed by atoms with Crippen LogP contribution >= 0.6 is 12.4 Å². The lowest BCUT2D eigenvalue weighted by Crippen LogP contribution is -2.23. The third-order valence-corrected chi connectivity index (χ3v) is 3.20. The number of imidazole rings is 1. The fourth-order valence-electron chi connectivity index (χ4n) is 2.18. The van der Waals surface area contributed by atoms with Crippen LogP contribution in [0.3, 0.4) is 0 Å². The molecule has 4 nitrogen and oxygen atoms in total. The van der Waals surface area contributed by atoms with Crippen molar-refractivity contribution in [2.24, 2.45) is 0 Å². The lowest BCUT2D eigenvalue weighted by molar-refractivity contribution is 0.0914. The molecule has 22 heavy (non-hydrogen) atoms. The SMILES string of the molecule is Cl.OC(COc1ccccc1F)Cn1cnc2ccccc21. The molecular weight excluding hydrogens is 307 g/mol. The second kappa shape index (κ2) is 7.24. The standard InChI is InChI=1S/C16H15FN2O2.ClH/c17-13-5-1-4-8-16(13)21-10-12(20)9-19-11-18-14-6-2-3-7-15(14)19;/h1-8,11-12,20H,9-10H2;1H. The molecule has 3 rings (SSSR count). The molecule has 0 aliphatic carbocycles. The summed E-state index contributed by atoms with van der Waals surface area (Å²) in [4.78, 5) is 4.26. The van der Waals surface area contributed by atoms with Crippen LogP contribution in [0.1, 0.15) is 0 Å². The molecule has 0 saturated carbocycles. The summed E-state index contributed by atoms with van der Waals surface area (Å²) in [7, 11) is 0. The molecule has 0 spiro atoms. The van der Waals surface area contributed by atoms with Gasteiger partial charge in [0.2, 0.25) is 0 Å². The Hall–Kier alpha value is -2.11. The highest BCUT2D eigenvalue weighted by molar-refractivity contribution is 5.85. The maximum absolute atomic E-state index is 13.4. The first-order chi connectivity index (χ1) is 10.2. The van der Waals surface area contributed by atoms with Crippen molar-refractivity contribution in [3.8, 4) is 5.75 Å². The van der Waals surface area contributed by atoms with Crippen molar-refractivity contribution < 1.29 is 14.2 Å². The van der Waals surface area contributed by atoms with Gasteiger partial charge in [0.25, 0.3) is 0 Å². The molecule has 0 saturated heterocycles. The van der Waals surface area contributed by atoms with Crippen molar-refractivity contribution in [3.63, 3.8) is 0 Å². The zero-order chi connectivity index (χ0) is 14.7. The molecular formula is C16H16ClFN2O2. The Morgan fingerprint density at radius 1 is 1.14 bits per heavy atom. The highest BCUT2D eigenvalue weighted by Gasteiger charge is 2.10. The number of benzene rings is 2. The van der Waals surface area contributed by atoms with Crippen molar-refractivity contribution >= 4 is 23.4 Å². The summed E-state index contributed by atoms with van der Waals surface area (Å²) in [5.41, 5.74) is 1.82. The Balaban J connectivity index is 0.00000176. The summed E-state index contributed by atoms with van der Waals surface area (Å²) in [6.45, 7) is 0.363. The number of hydrogen-bond acceptors (Lipinski definition) is 3. The number of aliphatic hydroxyl groups excluding tert-OH is 1. The van der Waals surface area contributed by atoms with E-state index < -0.39 is 11.9 Å². The molecule has 1 N–H and O–H groups in total. The molecule has 0 fully saturated rings. The van der Waals surface area contributed by atoms with Crippen LogP contribution in [0.2, 0.25) is 0 Å². The molecule has 1 atom stereocenters. The van der Waals surface area contributed by atoms with Gasteiger partial charge in [0.15, 0.2) is 11.6 Å². The number of rotatable bonds is 5. The van der Waals surface area contributed by atoms with E-state index in [9.17, 15) is 9.50 Å². The first kappa shape index (κ1) is 16.3. The van der Waals surface area contributed by atoms with E-state index in [0.29, 0.717) is 6.54 Å². The Bertz CT molecular complexity index is 748. The van der Waals surface area contributed by atoms with E-state index in [2.05, 4.69) is 4.98 Å². The first-order valence-corrected chi connectivity index (χ1v) is 6.69. The van der Waals surface area contributed by atoms with Crippen molar-refractivity contribution in [1.82, 2.24) is 9.55 Å². The number of aliphatic hydroxyl groups is 1. The van der Waals surface area contributed by atoms with E-state index in [-0.39, 0.29) is 24.8 Å². The summed E-state index contributed by atoms with van der Waals surface area (Å²) < 4.78 is 20.6.